The molecule has 0 aliphatic carbocycles. The molecular formula is C30H34N2O2S. The van der Waals surface area contributed by atoms with Crippen molar-refractivity contribution in [3.8, 4) is 0 Å². The quantitative estimate of drug-likeness (QED) is 0.433. The molecule has 182 valence electrons. The maximum atomic E-state index is 13.5. The number of amides is 2. The third-order valence-corrected chi connectivity index (χ3v) is 8.45. The van der Waals surface area contributed by atoms with Crippen molar-refractivity contribution in [2.75, 3.05) is 13.1 Å². The van der Waals surface area contributed by atoms with E-state index in [0.29, 0.717) is 6.54 Å². The van der Waals surface area contributed by atoms with Crippen LogP contribution in [-0.2, 0) is 22.4 Å². The van der Waals surface area contributed by atoms with E-state index in [-0.39, 0.29) is 36.7 Å². The van der Waals surface area contributed by atoms with Crippen LogP contribution >= 0.6 is 11.3 Å². The van der Waals surface area contributed by atoms with Gasteiger partial charge in [0.05, 0.1) is 6.04 Å². The van der Waals surface area contributed by atoms with Crippen LogP contribution in [0.5, 0.6) is 0 Å². The van der Waals surface area contributed by atoms with Crippen LogP contribution in [0.15, 0.2) is 66.0 Å². The Bertz CT molecular complexity index is 1170. The zero-order chi connectivity index (χ0) is 24.2. The van der Waals surface area contributed by atoms with Gasteiger partial charge in [0.25, 0.3) is 0 Å². The molecule has 2 atom stereocenters. The first kappa shape index (κ1) is 23.8. The summed E-state index contributed by atoms with van der Waals surface area (Å²) in [6.07, 6.45) is 5.59. The van der Waals surface area contributed by atoms with Crippen molar-refractivity contribution in [3.63, 3.8) is 0 Å². The Hall–Kier alpha value is -2.92. The monoisotopic (exact) mass is 486 g/mol. The lowest BCUT2D eigenvalue weighted by atomic mass is 9.92. The van der Waals surface area contributed by atoms with Crippen LogP contribution in [0.3, 0.4) is 0 Å². The highest BCUT2D eigenvalue weighted by Gasteiger charge is 2.33. The van der Waals surface area contributed by atoms with Crippen molar-refractivity contribution in [1.82, 2.24) is 9.80 Å². The molecule has 0 saturated carbocycles. The van der Waals surface area contributed by atoms with Gasteiger partial charge in [-0.1, -0.05) is 60.2 Å². The van der Waals surface area contributed by atoms with E-state index in [1.54, 1.807) is 11.3 Å². The molecule has 0 radical (unpaired) electrons. The van der Waals surface area contributed by atoms with Crippen molar-refractivity contribution >= 4 is 23.2 Å². The molecule has 2 aliphatic rings. The summed E-state index contributed by atoms with van der Waals surface area (Å²) in [6, 6.07) is 21.2. The summed E-state index contributed by atoms with van der Waals surface area (Å²) in [4.78, 5) is 32.2. The lowest BCUT2D eigenvalue weighted by molar-refractivity contribution is -0.140. The van der Waals surface area contributed by atoms with Crippen molar-refractivity contribution in [3.05, 3.63) is 93.2 Å². The van der Waals surface area contributed by atoms with E-state index in [9.17, 15) is 9.59 Å². The van der Waals surface area contributed by atoms with Gasteiger partial charge in [-0.25, -0.2) is 0 Å². The zero-order valence-corrected chi connectivity index (χ0v) is 21.3. The van der Waals surface area contributed by atoms with Gasteiger partial charge in [0.1, 0.15) is 0 Å². The Morgan fingerprint density at radius 3 is 2.51 bits per heavy atom. The van der Waals surface area contributed by atoms with Crippen molar-refractivity contribution < 1.29 is 9.59 Å². The summed E-state index contributed by atoms with van der Waals surface area (Å²) in [7, 11) is 0. The van der Waals surface area contributed by atoms with Gasteiger partial charge in [-0.05, 0) is 67.2 Å². The second-order valence-corrected chi connectivity index (χ2v) is 10.9. The largest absolute Gasteiger partial charge is 0.339 e. The van der Waals surface area contributed by atoms with Crippen LogP contribution in [0.1, 0.15) is 65.3 Å². The number of aryl methyl sites for hydroxylation is 1. The van der Waals surface area contributed by atoms with E-state index in [1.807, 2.05) is 11.0 Å². The fourth-order valence-electron chi connectivity index (χ4n) is 5.71. The van der Waals surface area contributed by atoms with Crippen LogP contribution in [-0.4, -0.2) is 40.7 Å². The molecule has 0 bridgehead atoms. The van der Waals surface area contributed by atoms with Crippen LogP contribution in [0.2, 0.25) is 0 Å². The topological polar surface area (TPSA) is 40.6 Å². The van der Waals surface area contributed by atoms with E-state index >= 15 is 0 Å². The molecule has 5 heteroatoms. The highest BCUT2D eigenvalue weighted by Crippen LogP contribution is 2.38. The second-order valence-electron chi connectivity index (χ2n) is 9.88. The van der Waals surface area contributed by atoms with Gasteiger partial charge in [0, 0.05) is 36.9 Å². The second kappa shape index (κ2) is 10.8. The molecule has 0 spiro atoms. The number of benzene rings is 2. The average molecular weight is 487 g/mol. The maximum absolute atomic E-state index is 13.5. The minimum absolute atomic E-state index is 0.0617. The summed E-state index contributed by atoms with van der Waals surface area (Å²) < 4.78 is 0. The highest BCUT2D eigenvalue weighted by molar-refractivity contribution is 7.10. The Morgan fingerprint density at radius 2 is 1.71 bits per heavy atom. The maximum Gasteiger partial charge on any atom is 0.223 e. The SMILES string of the molecule is Cc1cccc(C2c3ccsc3CCN2C(=O)CCC(=O)N2CCCCC2Cc2ccccc2)c1. The predicted molar refractivity (Wildman–Crippen MR) is 141 cm³/mol. The number of rotatable bonds is 6. The third-order valence-electron chi connectivity index (χ3n) is 7.46. The minimum Gasteiger partial charge on any atom is -0.339 e. The summed E-state index contributed by atoms with van der Waals surface area (Å²) in [6.45, 7) is 3.61. The van der Waals surface area contributed by atoms with E-state index in [4.69, 9.17) is 0 Å². The first-order valence-electron chi connectivity index (χ1n) is 12.9. The molecule has 1 aromatic heterocycles. The summed E-state index contributed by atoms with van der Waals surface area (Å²) in [5.41, 5.74) is 4.87. The molecule has 2 amide bonds. The van der Waals surface area contributed by atoms with Gasteiger partial charge >= 0.3 is 0 Å². The number of likely N-dealkylation sites (tertiary alicyclic amines) is 1. The third kappa shape index (κ3) is 5.35. The summed E-state index contributed by atoms with van der Waals surface area (Å²) in [5, 5.41) is 2.13. The Labute approximate surface area is 212 Å². The number of fused-ring (bicyclic) bond motifs is 1. The number of carbonyl (C=O) groups is 2. The van der Waals surface area contributed by atoms with Crippen LogP contribution < -0.4 is 0 Å². The predicted octanol–water partition coefficient (Wildman–Crippen LogP) is 5.93. The number of hydrogen-bond donors (Lipinski definition) is 0. The molecule has 2 aromatic carbocycles. The highest BCUT2D eigenvalue weighted by atomic mass is 32.1. The van der Waals surface area contributed by atoms with E-state index in [2.05, 4.69) is 71.8 Å². The first-order chi connectivity index (χ1) is 17.1. The molecule has 3 aromatic rings. The molecule has 2 aliphatic heterocycles. The lowest BCUT2D eigenvalue weighted by Crippen LogP contribution is -2.45. The fourth-order valence-corrected chi connectivity index (χ4v) is 6.62. The molecule has 3 heterocycles. The van der Waals surface area contributed by atoms with Gasteiger partial charge in [-0.3, -0.25) is 9.59 Å². The van der Waals surface area contributed by atoms with Gasteiger partial charge in [-0.2, -0.15) is 0 Å². The van der Waals surface area contributed by atoms with E-state index < -0.39 is 0 Å². The number of piperidine rings is 1. The first-order valence-corrected chi connectivity index (χ1v) is 13.7. The molecule has 0 N–H and O–H groups in total. The Kier molecular flexibility index (Phi) is 7.33. The smallest absolute Gasteiger partial charge is 0.223 e. The summed E-state index contributed by atoms with van der Waals surface area (Å²) in [5.74, 6) is 0.206. The standard InChI is InChI=1S/C30H34N2O2S/c1-22-8-7-11-24(20-22)30-26-16-19-35-27(26)15-18-32(30)29(34)14-13-28(33)31-17-6-5-12-25(31)21-23-9-3-2-4-10-23/h2-4,7-11,16,19-20,25,30H,5-6,12-15,17-18,21H2,1H3. The Balaban J connectivity index is 1.27. The number of carbonyl (C=O) groups excluding carboxylic acids is 2. The molecule has 35 heavy (non-hydrogen) atoms. The van der Waals surface area contributed by atoms with Gasteiger partial charge in [0.2, 0.25) is 11.8 Å². The molecule has 2 unspecified atom stereocenters. The summed E-state index contributed by atoms with van der Waals surface area (Å²) >= 11 is 1.78. The Morgan fingerprint density at radius 1 is 0.914 bits per heavy atom. The van der Waals surface area contributed by atoms with Crippen molar-refractivity contribution in [2.24, 2.45) is 0 Å². The van der Waals surface area contributed by atoms with Crippen LogP contribution in [0.4, 0.5) is 0 Å². The number of nitrogens with zero attached hydrogens (tertiary/aromatic N) is 2. The zero-order valence-electron chi connectivity index (χ0n) is 20.5. The van der Waals surface area contributed by atoms with Gasteiger partial charge in [-0.15, -0.1) is 11.3 Å². The fraction of sp³-hybridized carbons (Fsp3) is 0.400. The van der Waals surface area contributed by atoms with E-state index in [1.165, 1.54) is 21.6 Å². The number of hydrogen-bond acceptors (Lipinski definition) is 3. The molecule has 1 saturated heterocycles. The molecule has 4 nitrogen and oxygen atoms in total. The van der Waals surface area contributed by atoms with Gasteiger partial charge < -0.3 is 9.80 Å². The molecule has 5 rings (SSSR count). The molecular weight excluding hydrogens is 452 g/mol. The molecule has 1 fully saturated rings. The lowest BCUT2D eigenvalue weighted by Gasteiger charge is -2.38. The van der Waals surface area contributed by atoms with E-state index in [0.717, 1.165) is 44.2 Å². The number of thiophene rings is 1. The van der Waals surface area contributed by atoms with Crippen molar-refractivity contribution in [2.45, 2.75) is 64.0 Å². The normalized spacial score (nSPS) is 19.9. The average Bonchev–Trinajstić information content (AvgIpc) is 3.36. The minimum atomic E-state index is -0.0617. The van der Waals surface area contributed by atoms with Crippen molar-refractivity contribution in [1.29, 1.82) is 0 Å². The van der Waals surface area contributed by atoms with Gasteiger partial charge in [0.15, 0.2) is 0 Å². The van der Waals surface area contributed by atoms with Crippen LogP contribution in [0.25, 0.3) is 0 Å². The van der Waals surface area contributed by atoms with Crippen LogP contribution in [0, 0.1) is 6.92 Å².